The topological polar surface area (TPSA) is 102 Å². The van der Waals surface area contributed by atoms with Crippen molar-refractivity contribution >= 4 is 12.0 Å². The van der Waals surface area contributed by atoms with Gasteiger partial charge in [-0.2, -0.15) is 0 Å². The monoisotopic (exact) mass is 301 g/mol. The lowest BCUT2D eigenvalue weighted by Crippen LogP contribution is -2.51. The lowest BCUT2D eigenvalue weighted by Gasteiger charge is -2.32. The van der Waals surface area contributed by atoms with Gasteiger partial charge in [-0.3, -0.25) is 4.90 Å². The highest BCUT2D eigenvalue weighted by molar-refractivity contribution is 5.83. The summed E-state index contributed by atoms with van der Waals surface area (Å²) in [6.07, 6.45) is -0.788. The number of aliphatic hydroxyl groups excluding tert-OH is 1. The molecule has 0 aromatic rings. The quantitative estimate of drug-likeness (QED) is 0.611. The molecule has 0 bridgehead atoms. The summed E-state index contributed by atoms with van der Waals surface area (Å²) in [6, 6.07) is -1.42. The van der Waals surface area contributed by atoms with Crippen molar-refractivity contribution in [2.45, 2.75) is 31.6 Å². The van der Waals surface area contributed by atoms with E-state index in [-0.39, 0.29) is 19.1 Å². The molecule has 0 radical (unpaired) electrons. The Balaban J connectivity index is 1.82. The number of aliphatic hydroxyl groups is 1. The second-order valence-electron chi connectivity index (χ2n) is 5.47. The number of morpholine rings is 1. The highest BCUT2D eigenvalue weighted by atomic mass is 16.5. The normalized spacial score (nSPS) is 30.4. The molecule has 0 aliphatic carbocycles. The first kappa shape index (κ1) is 16.0. The van der Waals surface area contributed by atoms with Crippen LogP contribution < -0.4 is 5.32 Å². The molecular weight excluding hydrogens is 278 g/mol. The highest BCUT2D eigenvalue weighted by Gasteiger charge is 2.39. The summed E-state index contributed by atoms with van der Waals surface area (Å²) in [7, 11) is 0. The van der Waals surface area contributed by atoms with Gasteiger partial charge in [0.1, 0.15) is 6.04 Å². The Labute approximate surface area is 123 Å². The first-order valence-electron chi connectivity index (χ1n) is 7.30. The van der Waals surface area contributed by atoms with E-state index in [4.69, 9.17) is 9.84 Å². The number of carboxylic acids is 1. The Morgan fingerprint density at radius 3 is 2.81 bits per heavy atom. The number of carboxylic acid groups (broad SMARTS) is 1. The molecule has 2 heterocycles. The predicted molar refractivity (Wildman–Crippen MR) is 74.0 cm³/mol. The molecule has 3 atom stereocenters. The van der Waals surface area contributed by atoms with Gasteiger partial charge in [0, 0.05) is 32.6 Å². The van der Waals surface area contributed by atoms with Crippen LogP contribution in [-0.2, 0) is 9.53 Å². The van der Waals surface area contributed by atoms with Crippen molar-refractivity contribution in [2.75, 3.05) is 39.3 Å². The molecule has 3 N–H and O–H groups in total. The van der Waals surface area contributed by atoms with Gasteiger partial charge >= 0.3 is 12.0 Å². The van der Waals surface area contributed by atoms with Gasteiger partial charge in [-0.05, 0) is 6.54 Å². The minimum Gasteiger partial charge on any atom is -0.480 e. The number of rotatable bonds is 4. The van der Waals surface area contributed by atoms with E-state index in [1.165, 1.54) is 4.90 Å². The second-order valence-corrected chi connectivity index (χ2v) is 5.47. The number of nitrogens with zero attached hydrogens (tertiary/aromatic N) is 2. The molecule has 1 unspecified atom stereocenters. The Morgan fingerprint density at radius 2 is 2.14 bits per heavy atom. The zero-order valence-corrected chi connectivity index (χ0v) is 12.2. The number of carbonyl (C=O) groups excluding carboxylic acids is 1. The van der Waals surface area contributed by atoms with Crippen molar-refractivity contribution in [1.82, 2.24) is 15.1 Å². The second kappa shape index (κ2) is 7.06. The van der Waals surface area contributed by atoms with E-state index in [1.807, 2.05) is 0 Å². The van der Waals surface area contributed by atoms with Crippen molar-refractivity contribution in [3.8, 4) is 0 Å². The van der Waals surface area contributed by atoms with Crippen molar-refractivity contribution in [3.63, 3.8) is 0 Å². The zero-order valence-electron chi connectivity index (χ0n) is 12.2. The Hall–Kier alpha value is -1.38. The maximum atomic E-state index is 12.1. The molecule has 0 spiro atoms. The number of amides is 2. The number of aliphatic carboxylic acids is 1. The maximum absolute atomic E-state index is 12.1. The molecule has 8 nitrogen and oxygen atoms in total. The van der Waals surface area contributed by atoms with Crippen LogP contribution in [0.25, 0.3) is 0 Å². The van der Waals surface area contributed by atoms with Gasteiger partial charge in [0.25, 0.3) is 0 Å². The summed E-state index contributed by atoms with van der Waals surface area (Å²) in [4.78, 5) is 26.6. The molecule has 2 saturated heterocycles. The van der Waals surface area contributed by atoms with Crippen LogP contribution in [0.1, 0.15) is 13.3 Å². The third-order valence-electron chi connectivity index (χ3n) is 3.98. The van der Waals surface area contributed by atoms with Gasteiger partial charge in [-0.15, -0.1) is 0 Å². The number of carbonyl (C=O) groups is 2. The average molecular weight is 301 g/mol. The average Bonchev–Trinajstić information content (AvgIpc) is 2.87. The van der Waals surface area contributed by atoms with E-state index < -0.39 is 24.1 Å². The summed E-state index contributed by atoms with van der Waals surface area (Å²) >= 11 is 0. The van der Waals surface area contributed by atoms with Crippen molar-refractivity contribution < 1.29 is 24.5 Å². The lowest BCUT2D eigenvalue weighted by molar-refractivity contribution is -0.141. The number of β-amino-alcohol motifs (C(OH)–C–C–N with tert-alkyl or cyclic N) is 1. The molecule has 21 heavy (non-hydrogen) atoms. The molecule has 2 aliphatic rings. The number of nitrogens with one attached hydrogen (secondary N) is 1. The Kier molecular flexibility index (Phi) is 5.38. The number of hydrogen-bond acceptors (Lipinski definition) is 5. The van der Waals surface area contributed by atoms with Gasteiger partial charge in [0.05, 0.1) is 18.8 Å². The fourth-order valence-corrected chi connectivity index (χ4v) is 2.77. The van der Waals surface area contributed by atoms with E-state index in [9.17, 15) is 14.7 Å². The van der Waals surface area contributed by atoms with Gasteiger partial charge in [-0.25, -0.2) is 9.59 Å². The predicted octanol–water partition coefficient (Wildman–Crippen LogP) is -1.06. The molecule has 0 saturated carbocycles. The summed E-state index contributed by atoms with van der Waals surface area (Å²) in [5.74, 6) is -1.09. The number of likely N-dealkylation sites (tertiary alicyclic amines) is 1. The van der Waals surface area contributed by atoms with Crippen LogP contribution in [0.4, 0.5) is 4.79 Å². The molecule has 2 fully saturated rings. The van der Waals surface area contributed by atoms with Crippen LogP contribution in [0.2, 0.25) is 0 Å². The standard InChI is InChI=1S/C13H23N3O5/c1-2-15-3-4-21-10(8-15)6-14-13(20)16-7-9(17)5-11(16)12(18)19/h9-11,17H,2-8H2,1H3,(H,14,20)(H,18,19)/t9-,10?,11+/m1/s1. The minimum atomic E-state index is -1.09. The first-order chi connectivity index (χ1) is 10.0. The van der Waals surface area contributed by atoms with E-state index in [2.05, 4.69) is 17.1 Å². The fourth-order valence-electron chi connectivity index (χ4n) is 2.77. The van der Waals surface area contributed by atoms with Crippen LogP contribution in [-0.4, -0.2) is 89.6 Å². The third-order valence-corrected chi connectivity index (χ3v) is 3.98. The smallest absolute Gasteiger partial charge is 0.326 e. The molecular formula is C13H23N3O5. The molecule has 2 aliphatic heterocycles. The van der Waals surface area contributed by atoms with Gasteiger partial charge in [0.15, 0.2) is 0 Å². The van der Waals surface area contributed by atoms with Gasteiger partial charge in [-0.1, -0.05) is 6.92 Å². The lowest BCUT2D eigenvalue weighted by atomic mass is 10.2. The van der Waals surface area contributed by atoms with Crippen LogP contribution in [0.3, 0.4) is 0 Å². The van der Waals surface area contributed by atoms with E-state index in [0.717, 1.165) is 19.6 Å². The van der Waals surface area contributed by atoms with E-state index in [1.54, 1.807) is 0 Å². The molecule has 2 amide bonds. The third kappa shape index (κ3) is 4.05. The van der Waals surface area contributed by atoms with Gasteiger partial charge < -0.3 is 25.2 Å². The Bertz CT molecular complexity index is 392. The van der Waals surface area contributed by atoms with E-state index in [0.29, 0.717) is 13.2 Å². The van der Waals surface area contributed by atoms with Gasteiger partial charge in [0.2, 0.25) is 0 Å². The fraction of sp³-hybridized carbons (Fsp3) is 0.846. The van der Waals surface area contributed by atoms with Crippen LogP contribution in [0.5, 0.6) is 0 Å². The Morgan fingerprint density at radius 1 is 1.38 bits per heavy atom. The van der Waals surface area contributed by atoms with Crippen molar-refractivity contribution in [1.29, 1.82) is 0 Å². The molecule has 2 rings (SSSR count). The highest BCUT2D eigenvalue weighted by Crippen LogP contribution is 2.18. The summed E-state index contributed by atoms with van der Waals surface area (Å²) in [6.45, 7) is 5.68. The molecule has 0 aromatic heterocycles. The van der Waals surface area contributed by atoms with Crippen LogP contribution in [0, 0.1) is 0 Å². The molecule has 8 heteroatoms. The largest absolute Gasteiger partial charge is 0.480 e. The van der Waals surface area contributed by atoms with Crippen molar-refractivity contribution in [2.24, 2.45) is 0 Å². The first-order valence-corrected chi connectivity index (χ1v) is 7.30. The maximum Gasteiger partial charge on any atom is 0.326 e. The number of hydrogen-bond donors (Lipinski definition) is 3. The number of ether oxygens (including phenoxy) is 1. The SMILES string of the molecule is CCN1CCOC(CNC(=O)N2C[C@H](O)C[C@H]2C(=O)O)C1. The summed E-state index contributed by atoms with van der Waals surface area (Å²) in [5.41, 5.74) is 0. The summed E-state index contributed by atoms with van der Waals surface area (Å²) in [5, 5.41) is 21.3. The molecule has 0 aromatic carbocycles. The zero-order chi connectivity index (χ0) is 15.4. The summed E-state index contributed by atoms with van der Waals surface area (Å²) < 4.78 is 5.58. The molecule has 120 valence electrons. The number of urea groups is 1. The van der Waals surface area contributed by atoms with Crippen LogP contribution >= 0.6 is 0 Å². The minimum absolute atomic E-state index is 0.0510. The van der Waals surface area contributed by atoms with Crippen LogP contribution in [0.15, 0.2) is 0 Å². The number of likely N-dealkylation sites (N-methyl/N-ethyl adjacent to an activating group) is 1. The van der Waals surface area contributed by atoms with E-state index >= 15 is 0 Å². The van der Waals surface area contributed by atoms with Crippen molar-refractivity contribution in [3.05, 3.63) is 0 Å².